The second kappa shape index (κ2) is 10.1. The molecule has 1 fully saturated rings. The molecule has 1 saturated heterocycles. The van der Waals surface area contributed by atoms with Gasteiger partial charge >= 0.3 is 0 Å². The van der Waals surface area contributed by atoms with E-state index < -0.39 is 0 Å². The summed E-state index contributed by atoms with van der Waals surface area (Å²) < 4.78 is 10.7. The lowest BCUT2D eigenvalue weighted by molar-refractivity contribution is -0.127. The summed E-state index contributed by atoms with van der Waals surface area (Å²) in [5.74, 6) is 0.0737. The van der Waals surface area contributed by atoms with Gasteiger partial charge in [-0.15, -0.1) is 0 Å². The maximum atomic E-state index is 12.0. The van der Waals surface area contributed by atoms with Crippen LogP contribution in [-0.4, -0.2) is 69.5 Å². The molecule has 20 heavy (non-hydrogen) atoms. The first kappa shape index (κ1) is 17.4. The van der Waals surface area contributed by atoms with Crippen molar-refractivity contribution in [3.63, 3.8) is 0 Å². The molecule has 0 bridgehead atoms. The molecule has 1 rings (SSSR count). The van der Waals surface area contributed by atoms with E-state index in [0.29, 0.717) is 25.8 Å². The Morgan fingerprint density at radius 2 is 2.10 bits per heavy atom. The number of hydrogen-bond donors (Lipinski definition) is 2. The molecule has 1 atom stereocenters. The maximum Gasteiger partial charge on any atom is 0.237 e. The quantitative estimate of drug-likeness (QED) is 0.582. The predicted molar refractivity (Wildman–Crippen MR) is 78.6 cm³/mol. The Hall–Kier alpha value is -0.690. The molecule has 0 saturated carbocycles. The zero-order valence-electron chi connectivity index (χ0n) is 12.8. The van der Waals surface area contributed by atoms with E-state index in [4.69, 9.17) is 15.2 Å². The van der Waals surface area contributed by atoms with Gasteiger partial charge in [-0.05, 0) is 32.7 Å². The van der Waals surface area contributed by atoms with E-state index in [9.17, 15) is 4.79 Å². The van der Waals surface area contributed by atoms with Gasteiger partial charge in [-0.25, -0.2) is 0 Å². The van der Waals surface area contributed by atoms with Crippen LogP contribution in [0.3, 0.4) is 0 Å². The summed E-state index contributed by atoms with van der Waals surface area (Å²) in [5, 5.41) is 2.88. The zero-order chi connectivity index (χ0) is 14.8. The molecule has 1 aliphatic rings. The molecule has 3 N–H and O–H groups in total. The molecule has 1 unspecified atom stereocenters. The van der Waals surface area contributed by atoms with Crippen molar-refractivity contribution in [3.05, 3.63) is 0 Å². The average molecular weight is 287 g/mol. The molecule has 0 aromatic rings. The minimum atomic E-state index is -0.0863. The van der Waals surface area contributed by atoms with Gasteiger partial charge in [0, 0.05) is 33.4 Å². The van der Waals surface area contributed by atoms with Gasteiger partial charge in [-0.1, -0.05) is 0 Å². The number of hydrogen-bond acceptors (Lipinski definition) is 5. The number of nitrogens with zero attached hydrogens (tertiary/aromatic N) is 1. The van der Waals surface area contributed by atoms with Gasteiger partial charge < -0.3 is 20.5 Å². The van der Waals surface area contributed by atoms with Crippen molar-refractivity contribution in [1.82, 2.24) is 10.2 Å². The van der Waals surface area contributed by atoms with Gasteiger partial charge in [0.2, 0.25) is 5.91 Å². The number of carbonyl (C=O) groups is 1. The highest BCUT2D eigenvalue weighted by atomic mass is 16.5. The molecule has 0 aromatic carbocycles. The van der Waals surface area contributed by atoms with Crippen LogP contribution in [0.2, 0.25) is 0 Å². The smallest absolute Gasteiger partial charge is 0.237 e. The Balaban J connectivity index is 2.20. The summed E-state index contributed by atoms with van der Waals surface area (Å²) in [6.07, 6.45) is 3.21. The number of amides is 1. The minimum Gasteiger partial charge on any atom is -0.383 e. The van der Waals surface area contributed by atoms with Crippen LogP contribution in [-0.2, 0) is 14.3 Å². The van der Waals surface area contributed by atoms with E-state index in [-0.39, 0.29) is 11.9 Å². The Bertz CT molecular complexity index is 268. The first-order valence-corrected chi connectivity index (χ1v) is 7.51. The summed E-state index contributed by atoms with van der Waals surface area (Å²) >= 11 is 0. The Morgan fingerprint density at radius 3 is 2.70 bits per heavy atom. The number of carbonyl (C=O) groups excluding carboxylic acids is 1. The van der Waals surface area contributed by atoms with Gasteiger partial charge in [0.1, 0.15) is 0 Å². The van der Waals surface area contributed by atoms with E-state index in [2.05, 4.69) is 10.2 Å². The lowest BCUT2D eigenvalue weighted by atomic mass is 10.1. The fraction of sp³-hybridized carbons (Fsp3) is 0.929. The van der Waals surface area contributed by atoms with Gasteiger partial charge in [-0.2, -0.15) is 0 Å². The number of nitrogens with two attached hydrogens (primary N) is 1. The molecular formula is C14H29N3O3. The lowest BCUT2D eigenvalue weighted by Crippen LogP contribution is -2.49. The summed E-state index contributed by atoms with van der Waals surface area (Å²) in [5.41, 5.74) is 5.45. The van der Waals surface area contributed by atoms with Crippen molar-refractivity contribution in [2.75, 3.05) is 46.5 Å². The van der Waals surface area contributed by atoms with Crippen molar-refractivity contribution in [1.29, 1.82) is 0 Å². The molecule has 6 nitrogen and oxygen atoms in total. The molecule has 1 aliphatic heterocycles. The molecule has 0 aromatic heterocycles. The number of nitrogens with one attached hydrogen (secondary N) is 1. The van der Waals surface area contributed by atoms with Crippen LogP contribution in [0.1, 0.15) is 26.2 Å². The van der Waals surface area contributed by atoms with Crippen molar-refractivity contribution < 1.29 is 14.3 Å². The summed E-state index contributed by atoms with van der Waals surface area (Å²) in [4.78, 5) is 14.2. The Labute approximate surface area is 122 Å². The molecule has 1 heterocycles. The van der Waals surface area contributed by atoms with Gasteiger partial charge in [0.15, 0.2) is 0 Å². The van der Waals surface area contributed by atoms with Crippen molar-refractivity contribution in [2.45, 2.75) is 38.3 Å². The third-order valence-electron chi connectivity index (χ3n) is 3.71. The molecule has 6 heteroatoms. The Kier molecular flexibility index (Phi) is 8.77. The monoisotopic (exact) mass is 287 g/mol. The Morgan fingerprint density at radius 1 is 1.40 bits per heavy atom. The third-order valence-corrected chi connectivity index (χ3v) is 3.71. The first-order valence-electron chi connectivity index (χ1n) is 7.51. The summed E-state index contributed by atoms with van der Waals surface area (Å²) in [6.45, 7) is 6.32. The summed E-state index contributed by atoms with van der Waals surface area (Å²) in [7, 11) is 1.63. The van der Waals surface area contributed by atoms with Gasteiger partial charge in [-0.3, -0.25) is 9.69 Å². The fourth-order valence-corrected chi connectivity index (χ4v) is 2.35. The van der Waals surface area contributed by atoms with Crippen molar-refractivity contribution >= 4 is 5.91 Å². The molecule has 0 radical (unpaired) electrons. The number of likely N-dealkylation sites (tertiary alicyclic amines) is 1. The number of piperidine rings is 1. The number of ether oxygens (including phenoxy) is 2. The highest BCUT2D eigenvalue weighted by Gasteiger charge is 2.26. The highest BCUT2D eigenvalue weighted by Crippen LogP contribution is 2.16. The highest BCUT2D eigenvalue weighted by molar-refractivity contribution is 5.81. The molecular weight excluding hydrogens is 258 g/mol. The molecule has 0 spiro atoms. The van der Waals surface area contributed by atoms with E-state index in [1.54, 1.807) is 7.11 Å². The largest absolute Gasteiger partial charge is 0.383 e. The van der Waals surface area contributed by atoms with E-state index >= 15 is 0 Å². The van der Waals surface area contributed by atoms with Crippen LogP contribution >= 0.6 is 0 Å². The van der Waals surface area contributed by atoms with E-state index in [0.717, 1.165) is 39.0 Å². The number of methoxy groups -OCH3 is 1. The topological polar surface area (TPSA) is 76.8 Å². The SMILES string of the molecule is COCCNC(=O)C(C)N1CCC(OCCCN)CC1. The van der Waals surface area contributed by atoms with Crippen LogP contribution in [0.4, 0.5) is 0 Å². The summed E-state index contributed by atoms with van der Waals surface area (Å²) in [6, 6.07) is -0.0863. The second-order valence-electron chi connectivity index (χ2n) is 5.21. The molecule has 118 valence electrons. The van der Waals surface area contributed by atoms with Crippen LogP contribution in [0.15, 0.2) is 0 Å². The lowest BCUT2D eigenvalue weighted by Gasteiger charge is -2.35. The predicted octanol–water partition coefficient (Wildman–Crippen LogP) is -0.0327. The van der Waals surface area contributed by atoms with E-state index in [1.807, 2.05) is 6.92 Å². The van der Waals surface area contributed by atoms with Crippen LogP contribution in [0.5, 0.6) is 0 Å². The van der Waals surface area contributed by atoms with Crippen LogP contribution in [0, 0.1) is 0 Å². The normalized spacial score (nSPS) is 18.9. The van der Waals surface area contributed by atoms with Crippen molar-refractivity contribution in [3.8, 4) is 0 Å². The zero-order valence-corrected chi connectivity index (χ0v) is 12.8. The standard InChI is InChI=1S/C14H29N3O3/c1-12(14(18)16-7-11-19-2)17-8-4-13(5-9-17)20-10-3-6-15/h12-13H,3-11,15H2,1-2H3,(H,16,18). The minimum absolute atomic E-state index is 0.0737. The van der Waals surface area contributed by atoms with Crippen LogP contribution in [0.25, 0.3) is 0 Å². The van der Waals surface area contributed by atoms with Gasteiger partial charge in [0.25, 0.3) is 0 Å². The first-order chi connectivity index (χ1) is 9.69. The maximum absolute atomic E-state index is 12.0. The fourth-order valence-electron chi connectivity index (χ4n) is 2.35. The number of rotatable bonds is 9. The average Bonchev–Trinajstić information content (AvgIpc) is 2.47. The van der Waals surface area contributed by atoms with E-state index in [1.165, 1.54) is 0 Å². The van der Waals surface area contributed by atoms with Crippen LogP contribution < -0.4 is 11.1 Å². The molecule has 0 aliphatic carbocycles. The van der Waals surface area contributed by atoms with Crippen molar-refractivity contribution in [2.24, 2.45) is 5.73 Å². The third kappa shape index (κ3) is 6.17. The second-order valence-corrected chi connectivity index (χ2v) is 5.21. The van der Waals surface area contributed by atoms with Gasteiger partial charge in [0.05, 0.1) is 18.8 Å². The molecule has 1 amide bonds.